The third kappa shape index (κ3) is 6.21. The molecule has 0 spiro atoms. The summed E-state index contributed by atoms with van der Waals surface area (Å²) in [6, 6.07) is 5.59. The minimum absolute atomic E-state index is 0.298. The maximum absolute atomic E-state index is 12.3. The largest absolute Gasteiger partial charge is 0.444 e. The van der Waals surface area contributed by atoms with Crippen LogP contribution in [0.2, 0.25) is 5.02 Å². The SMILES string of the molecule is CC(C)(C)OC(=O)N1CCN(c2c(Cl)cccc2/C=N/[S@@](=O)C(C)(C)C)CC1. The Bertz CT molecular complexity index is 761. The first kappa shape index (κ1) is 22.7. The smallest absolute Gasteiger partial charge is 0.410 e. The van der Waals surface area contributed by atoms with Gasteiger partial charge in [-0.15, -0.1) is 0 Å². The molecule has 28 heavy (non-hydrogen) atoms. The number of ether oxygens (including phenoxy) is 1. The summed E-state index contributed by atoms with van der Waals surface area (Å²) < 4.78 is 21.5. The molecule has 0 saturated carbocycles. The molecule has 0 N–H and O–H groups in total. The number of piperazine rings is 1. The molecule has 1 aliphatic heterocycles. The van der Waals surface area contributed by atoms with Crippen molar-refractivity contribution in [2.24, 2.45) is 4.40 Å². The first-order valence-electron chi connectivity index (χ1n) is 9.36. The van der Waals surface area contributed by atoms with Gasteiger partial charge in [-0.05, 0) is 47.6 Å². The zero-order valence-electron chi connectivity index (χ0n) is 17.5. The van der Waals surface area contributed by atoms with Gasteiger partial charge in [-0.3, -0.25) is 0 Å². The Morgan fingerprint density at radius 2 is 1.75 bits per heavy atom. The van der Waals surface area contributed by atoms with Crippen molar-refractivity contribution >= 4 is 40.6 Å². The highest BCUT2D eigenvalue weighted by molar-refractivity contribution is 7.85. The molecule has 1 fully saturated rings. The number of hydrogen-bond donors (Lipinski definition) is 0. The molecule has 6 nitrogen and oxygen atoms in total. The van der Waals surface area contributed by atoms with Crippen LogP contribution in [0.25, 0.3) is 0 Å². The highest BCUT2D eigenvalue weighted by atomic mass is 35.5. The van der Waals surface area contributed by atoms with E-state index in [0.717, 1.165) is 11.3 Å². The topological polar surface area (TPSA) is 62.2 Å². The Balaban J connectivity index is 2.14. The molecule has 0 unspecified atom stereocenters. The van der Waals surface area contributed by atoms with Crippen molar-refractivity contribution in [2.75, 3.05) is 31.1 Å². The first-order chi connectivity index (χ1) is 12.9. The standard InChI is InChI=1S/C20H30ClN3O3S/c1-19(2,3)27-18(25)24-12-10-23(11-13-24)17-15(8-7-9-16(17)21)14-22-28(26)20(4,5)6/h7-9,14H,10-13H2,1-6H3/b22-14+/t28-/m0/s1. The number of hydrogen-bond acceptors (Lipinski definition) is 4. The van der Waals surface area contributed by atoms with Crippen LogP contribution in [0.3, 0.4) is 0 Å². The molecule has 1 aliphatic rings. The van der Waals surface area contributed by atoms with Crippen LogP contribution in [0.5, 0.6) is 0 Å². The molecule has 0 aliphatic carbocycles. The highest BCUT2D eigenvalue weighted by Crippen LogP contribution is 2.30. The Morgan fingerprint density at radius 1 is 1.14 bits per heavy atom. The van der Waals surface area contributed by atoms with E-state index in [1.54, 1.807) is 11.1 Å². The van der Waals surface area contributed by atoms with Gasteiger partial charge in [0.15, 0.2) is 0 Å². The fourth-order valence-corrected chi connectivity index (χ4v) is 3.50. The third-order valence-electron chi connectivity index (χ3n) is 4.08. The molecule has 156 valence electrons. The number of halogens is 1. The summed E-state index contributed by atoms with van der Waals surface area (Å²) in [6.07, 6.45) is 1.33. The molecule has 1 aromatic rings. The Labute approximate surface area is 175 Å². The minimum atomic E-state index is -1.34. The number of nitrogens with zero attached hydrogens (tertiary/aromatic N) is 3. The molecule has 0 bridgehead atoms. The van der Waals surface area contributed by atoms with Crippen LogP contribution >= 0.6 is 11.6 Å². The number of rotatable bonds is 3. The lowest BCUT2D eigenvalue weighted by molar-refractivity contribution is 0.0240. The van der Waals surface area contributed by atoms with Crippen LogP contribution in [0.4, 0.5) is 10.5 Å². The number of benzene rings is 1. The quantitative estimate of drug-likeness (QED) is 0.675. The van der Waals surface area contributed by atoms with Gasteiger partial charge in [0.2, 0.25) is 0 Å². The van der Waals surface area contributed by atoms with Crippen molar-refractivity contribution in [3.8, 4) is 0 Å². The van der Waals surface area contributed by atoms with E-state index in [-0.39, 0.29) is 6.09 Å². The van der Waals surface area contributed by atoms with Crippen molar-refractivity contribution in [1.29, 1.82) is 0 Å². The van der Waals surface area contributed by atoms with Gasteiger partial charge in [-0.2, -0.15) is 4.40 Å². The van der Waals surface area contributed by atoms with E-state index in [1.807, 2.05) is 59.7 Å². The lowest BCUT2D eigenvalue weighted by Crippen LogP contribution is -2.50. The summed E-state index contributed by atoms with van der Waals surface area (Å²) in [5.41, 5.74) is 1.15. The third-order valence-corrected chi connectivity index (χ3v) is 5.73. The van der Waals surface area contributed by atoms with Gasteiger partial charge in [-0.25, -0.2) is 9.00 Å². The second-order valence-corrected chi connectivity index (χ2v) is 11.1. The summed E-state index contributed by atoms with van der Waals surface area (Å²) in [4.78, 5) is 16.1. The normalized spacial score (nSPS) is 17.1. The molecule has 1 heterocycles. The van der Waals surface area contributed by atoms with Crippen LogP contribution in [0.15, 0.2) is 22.6 Å². The Morgan fingerprint density at radius 3 is 2.29 bits per heavy atom. The van der Waals surface area contributed by atoms with Crippen molar-refractivity contribution < 1.29 is 13.7 Å². The second kappa shape index (κ2) is 8.82. The zero-order valence-corrected chi connectivity index (χ0v) is 19.1. The summed E-state index contributed by atoms with van der Waals surface area (Å²) in [6.45, 7) is 13.6. The van der Waals surface area contributed by atoms with Gasteiger partial charge >= 0.3 is 6.09 Å². The number of para-hydroxylation sites is 1. The molecule has 1 saturated heterocycles. The molecule has 1 aromatic carbocycles. The van der Waals surface area contributed by atoms with Crippen LogP contribution < -0.4 is 4.90 Å². The van der Waals surface area contributed by atoms with Crippen molar-refractivity contribution in [2.45, 2.75) is 51.9 Å². The van der Waals surface area contributed by atoms with E-state index in [1.165, 1.54) is 0 Å². The van der Waals surface area contributed by atoms with Gasteiger partial charge in [0, 0.05) is 38.0 Å². The first-order valence-corrected chi connectivity index (χ1v) is 10.8. The zero-order chi connectivity index (χ0) is 21.1. The van der Waals surface area contributed by atoms with Crippen LogP contribution in [0.1, 0.15) is 47.1 Å². The lowest BCUT2D eigenvalue weighted by Gasteiger charge is -2.37. The van der Waals surface area contributed by atoms with Gasteiger partial charge in [0.05, 0.1) is 15.5 Å². The van der Waals surface area contributed by atoms with E-state index in [4.69, 9.17) is 16.3 Å². The van der Waals surface area contributed by atoms with Gasteiger partial charge in [0.25, 0.3) is 0 Å². The summed E-state index contributed by atoms with van der Waals surface area (Å²) in [5, 5.41) is 0.608. The molecule has 1 amide bonds. The fourth-order valence-electron chi connectivity index (χ4n) is 2.67. The average molecular weight is 428 g/mol. The summed E-state index contributed by atoms with van der Waals surface area (Å²) in [5.74, 6) is 0. The second-order valence-electron chi connectivity index (χ2n) is 8.73. The minimum Gasteiger partial charge on any atom is -0.444 e. The van der Waals surface area contributed by atoms with Crippen molar-refractivity contribution in [3.05, 3.63) is 28.8 Å². The van der Waals surface area contributed by atoms with E-state index >= 15 is 0 Å². The number of carbonyl (C=O) groups is 1. The van der Waals surface area contributed by atoms with Gasteiger partial charge in [0.1, 0.15) is 16.6 Å². The average Bonchev–Trinajstić information content (AvgIpc) is 2.57. The van der Waals surface area contributed by atoms with Gasteiger partial charge in [-0.1, -0.05) is 23.7 Å². The Kier molecular flexibility index (Phi) is 7.15. The van der Waals surface area contributed by atoms with E-state index in [9.17, 15) is 9.00 Å². The van der Waals surface area contributed by atoms with Crippen LogP contribution in [-0.2, 0) is 15.7 Å². The maximum atomic E-state index is 12.3. The van der Waals surface area contributed by atoms with E-state index in [2.05, 4.69) is 9.30 Å². The predicted molar refractivity (Wildman–Crippen MR) is 117 cm³/mol. The Hall–Kier alpha value is -1.60. The number of anilines is 1. The van der Waals surface area contributed by atoms with E-state index < -0.39 is 21.3 Å². The summed E-state index contributed by atoms with van der Waals surface area (Å²) >= 11 is 6.47. The number of amides is 1. The van der Waals surface area contributed by atoms with Crippen molar-refractivity contribution in [3.63, 3.8) is 0 Å². The predicted octanol–water partition coefficient (Wildman–Crippen LogP) is 4.28. The van der Waals surface area contributed by atoms with Crippen molar-refractivity contribution in [1.82, 2.24) is 4.90 Å². The van der Waals surface area contributed by atoms with E-state index in [0.29, 0.717) is 31.2 Å². The molecular formula is C20H30ClN3O3S. The molecule has 2 rings (SSSR count). The monoisotopic (exact) mass is 427 g/mol. The lowest BCUT2D eigenvalue weighted by atomic mass is 10.1. The molecule has 0 radical (unpaired) electrons. The molecular weight excluding hydrogens is 398 g/mol. The highest BCUT2D eigenvalue weighted by Gasteiger charge is 2.27. The molecule has 0 aromatic heterocycles. The van der Waals surface area contributed by atoms with Gasteiger partial charge < -0.3 is 14.5 Å². The maximum Gasteiger partial charge on any atom is 0.410 e. The molecule has 1 atom stereocenters. The summed E-state index contributed by atoms with van der Waals surface area (Å²) in [7, 11) is -1.34. The van der Waals surface area contributed by atoms with Crippen LogP contribution in [-0.4, -0.2) is 57.9 Å². The fraction of sp³-hybridized carbons (Fsp3) is 0.600. The number of carbonyl (C=O) groups excluding carboxylic acids is 1. The molecule has 8 heteroatoms. The van der Waals surface area contributed by atoms with Crippen LogP contribution in [0, 0.1) is 0 Å².